The van der Waals surface area contributed by atoms with Gasteiger partial charge in [-0.3, -0.25) is 4.57 Å². The number of ether oxygens (including phenoxy) is 1. The normalized spacial score (nSPS) is 13.5. The molecule has 5 nitrogen and oxygen atoms in total. The second-order valence-electron chi connectivity index (χ2n) is 22.3. The van der Waals surface area contributed by atoms with Crippen molar-refractivity contribution < 1.29 is 40.0 Å². The van der Waals surface area contributed by atoms with Crippen LogP contribution in [0.5, 0.6) is 11.5 Å². The second-order valence-corrected chi connectivity index (χ2v) is 22.3. The Morgan fingerprint density at radius 1 is 0.551 bits per heavy atom. The topological polar surface area (TPSA) is 35.9 Å². The molecule has 0 saturated carbocycles. The molecule has 0 amide bonds. The number of para-hydroxylation sites is 4. The quantitative estimate of drug-likeness (QED) is 0.0956. The number of aromatic nitrogens is 4. The molecule has 0 spiro atoms. The van der Waals surface area contributed by atoms with Crippen molar-refractivity contribution in [1.82, 2.24) is 14.1 Å². The van der Waals surface area contributed by atoms with Gasteiger partial charge in [0.25, 0.3) is 6.33 Å². The van der Waals surface area contributed by atoms with Crippen LogP contribution in [0.15, 0.2) is 218 Å². The Labute approximate surface area is 483 Å². The third kappa shape index (κ3) is 9.93. The molecular weight excluding hydrogens is 1130 g/mol. The van der Waals surface area contributed by atoms with Gasteiger partial charge < -0.3 is 13.9 Å². The zero-order valence-electron chi connectivity index (χ0n) is 51.9. The molecule has 0 fully saturated rings. The van der Waals surface area contributed by atoms with Crippen LogP contribution in [0.4, 0.5) is 0 Å². The summed E-state index contributed by atoms with van der Waals surface area (Å²) in [7, 11) is 0. The Kier molecular flexibility index (Phi) is 11.7. The second kappa shape index (κ2) is 20.7. The molecule has 0 radical (unpaired) electrons. The van der Waals surface area contributed by atoms with E-state index in [2.05, 4.69) is 84.3 Å². The SMILES string of the molecule is [2H]c1c([2H])c([2H])c(-c2cccc(-c3cc(C(C)(C)C)cc(C(C)(C)C)c3)c2-[n+]2[c-]n(-c3[c-]c(Oc4[c-]c5c(cc4)c4ccccc4n5-c4cc(C([2H])([2H])C(C)(C)c5ccccc5)c(-c5ccccc5)cn4)ccc3)c3ccccc32)c([2H])c1[2H].[Pt]. The first kappa shape index (κ1) is 43.9. The fraction of sp³-hybridized carbons (Fsp3) is 0.167. The Morgan fingerprint density at radius 3 is 1.90 bits per heavy atom. The van der Waals surface area contributed by atoms with Gasteiger partial charge in [-0.1, -0.05) is 231 Å². The summed E-state index contributed by atoms with van der Waals surface area (Å²) in [5.41, 5.74) is 10.4. The first-order chi connectivity index (χ1) is 40.0. The summed E-state index contributed by atoms with van der Waals surface area (Å²) in [5, 5.41) is 1.89. The van der Waals surface area contributed by atoms with Crippen molar-refractivity contribution in [3.05, 3.63) is 259 Å². The van der Waals surface area contributed by atoms with E-state index >= 15 is 0 Å². The van der Waals surface area contributed by atoms with E-state index in [4.69, 9.17) is 13.8 Å². The van der Waals surface area contributed by atoms with Gasteiger partial charge in [0.15, 0.2) is 0 Å². The van der Waals surface area contributed by atoms with Gasteiger partial charge in [-0.25, -0.2) is 4.98 Å². The van der Waals surface area contributed by atoms with E-state index < -0.39 is 29.9 Å². The molecule has 6 heteroatoms. The molecule has 0 aliphatic rings. The summed E-state index contributed by atoms with van der Waals surface area (Å²) in [4.78, 5) is 5.10. The number of nitrogens with zero attached hydrogens (tertiary/aromatic N) is 4. The predicted molar refractivity (Wildman–Crippen MR) is 317 cm³/mol. The Morgan fingerprint density at radius 2 is 1.18 bits per heavy atom. The minimum atomic E-state index is -1.87. The first-order valence-corrected chi connectivity index (χ1v) is 26.1. The van der Waals surface area contributed by atoms with Crippen LogP contribution < -0.4 is 9.30 Å². The van der Waals surface area contributed by atoms with Gasteiger partial charge >= 0.3 is 0 Å². The van der Waals surface area contributed by atoms with Crippen molar-refractivity contribution in [2.45, 2.75) is 78.0 Å². The Bertz CT molecular complexity index is 4500. The van der Waals surface area contributed by atoms with Crippen molar-refractivity contribution in [2.75, 3.05) is 0 Å². The smallest absolute Gasteiger partial charge is 0.268 e. The van der Waals surface area contributed by atoms with Crippen molar-refractivity contribution in [3.63, 3.8) is 0 Å². The zero-order chi connectivity index (χ0) is 59.2. The number of pyridine rings is 1. The van der Waals surface area contributed by atoms with E-state index in [0.717, 1.165) is 60.7 Å². The largest absolute Gasteiger partial charge is 0.510 e. The molecule has 12 rings (SSSR count). The van der Waals surface area contributed by atoms with Crippen LogP contribution >= 0.6 is 0 Å². The molecule has 0 aliphatic carbocycles. The molecule has 3 heterocycles. The third-order valence-electron chi connectivity index (χ3n) is 14.5. The van der Waals surface area contributed by atoms with Crippen LogP contribution in [0.1, 0.15) is 87.2 Å². The van der Waals surface area contributed by atoms with Crippen LogP contribution in [0, 0.1) is 18.5 Å². The molecule has 12 aromatic rings. The summed E-state index contributed by atoms with van der Waals surface area (Å²) >= 11 is 0. The molecule has 0 atom stereocenters. The van der Waals surface area contributed by atoms with Gasteiger partial charge in [-0.2, -0.15) is 18.2 Å². The molecule has 388 valence electrons. The third-order valence-corrected chi connectivity index (χ3v) is 14.5. The van der Waals surface area contributed by atoms with E-state index in [1.807, 2.05) is 185 Å². The fourth-order valence-corrected chi connectivity index (χ4v) is 10.4. The van der Waals surface area contributed by atoms with Gasteiger partial charge in [-0.05, 0) is 95.9 Å². The molecule has 9 aromatic carbocycles. The molecule has 0 saturated heterocycles. The summed E-state index contributed by atoms with van der Waals surface area (Å²) < 4.78 is 77.2. The van der Waals surface area contributed by atoms with Gasteiger partial charge in [-0.15, -0.1) is 29.7 Å². The van der Waals surface area contributed by atoms with E-state index in [0.29, 0.717) is 50.9 Å². The first-order valence-electron chi connectivity index (χ1n) is 29.6. The number of benzene rings is 9. The van der Waals surface area contributed by atoms with Crippen LogP contribution in [0.3, 0.4) is 0 Å². The van der Waals surface area contributed by atoms with Crippen LogP contribution in [-0.2, 0) is 43.7 Å². The average molecular weight is 1200 g/mol. The average Bonchev–Trinajstić information content (AvgIpc) is 1.91. The number of imidazole rings is 1. The maximum atomic E-state index is 10.0. The standard InChI is InChI=1S/C72H62N4O.Pt/c1-70(2,3)54-40-51(41-55(43-54)71(4,5)6)60-34-23-33-59(49-24-12-9-13-25-49)69(60)75-48-74(65-36-20-21-37-66(65)75)56-30-22-31-57(44-56)77-58-38-39-62-61-32-18-19-35-64(61)76(67(62)45-58)68-42-52(46-72(7,8)53-28-16-11-17-29-53)63(47-73-68)50-26-14-10-15-27-50;/h9-43,47H,46H2,1-8H3;/q-2;/i9D,12D,13D,24D,25D,46D2;. The van der Waals surface area contributed by atoms with E-state index in [1.54, 1.807) is 6.20 Å². The van der Waals surface area contributed by atoms with E-state index in [9.17, 15) is 5.48 Å². The predicted octanol–water partition coefficient (Wildman–Crippen LogP) is 17.7. The van der Waals surface area contributed by atoms with Crippen molar-refractivity contribution in [2.24, 2.45) is 0 Å². The van der Waals surface area contributed by atoms with Crippen molar-refractivity contribution in [1.29, 1.82) is 0 Å². The number of hydrogen-bond acceptors (Lipinski definition) is 2. The maximum Gasteiger partial charge on any atom is 0.268 e. The van der Waals surface area contributed by atoms with E-state index in [-0.39, 0.29) is 49.5 Å². The minimum absolute atomic E-state index is 0. The molecule has 0 unspecified atom stereocenters. The molecular formula is C72H62N4OPt-2. The number of rotatable bonds is 11. The van der Waals surface area contributed by atoms with Crippen LogP contribution in [0.25, 0.3) is 83.4 Å². The molecule has 0 N–H and O–H groups in total. The molecule has 0 aliphatic heterocycles. The van der Waals surface area contributed by atoms with Crippen molar-refractivity contribution in [3.8, 4) is 62.1 Å². The van der Waals surface area contributed by atoms with Crippen LogP contribution in [0.2, 0.25) is 0 Å². The summed E-state index contributed by atoms with van der Waals surface area (Å²) in [6.45, 7) is 17.1. The number of hydrogen-bond donors (Lipinski definition) is 0. The summed E-state index contributed by atoms with van der Waals surface area (Å²) in [5.74, 6) is 1.35. The monoisotopic (exact) mass is 1200 g/mol. The molecule has 78 heavy (non-hydrogen) atoms. The summed E-state index contributed by atoms with van der Waals surface area (Å²) in [6.07, 6.45) is 3.58. The minimum Gasteiger partial charge on any atom is -0.510 e. The molecule has 0 bridgehead atoms. The number of fused-ring (bicyclic) bond motifs is 4. The fourth-order valence-electron chi connectivity index (χ4n) is 10.4. The Hall–Kier alpha value is -8.11. The maximum absolute atomic E-state index is 10.0. The van der Waals surface area contributed by atoms with Gasteiger partial charge in [0.2, 0.25) is 0 Å². The van der Waals surface area contributed by atoms with Crippen LogP contribution in [-0.4, -0.2) is 14.1 Å². The summed E-state index contributed by atoms with van der Waals surface area (Å²) in [6, 6.07) is 64.7. The zero-order valence-corrected chi connectivity index (χ0v) is 47.2. The Balaban J connectivity index is 0.00000752. The van der Waals surface area contributed by atoms with Crippen molar-refractivity contribution >= 4 is 32.8 Å². The van der Waals surface area contributed by atoms with Gasteiger partial charge in [0.1, 0.15) is 5.82 Å². The van der Waals surface area contributed by atoms with Gasteiger partial charge in [0.05, 0.1) is 23.6 Å². The van der Waals surface area contributed by atoms with Gasteiger partial charge in [0, 0.05) is 52.6 Å². The van der Waals surface area contributed by atoms with E-state index in [1.165, 1.54) is 0 Å². The molecule has 3 aromatic heterocycles.